The van der Waals surface area contributed by atoms with Crippen LogP contribution < -0.4 is 5.32 Å². The summed E-state index contributed by atoms with van der Waals surface area (Å²) in [4.78, 5) is 24.8. The van der Waals surface area contributed by atoms with E-state index in [-0.39, 0.29) is 12.5 Å². The Labute approximate surface area is 189 Å². The maximum atomic E-state index is 12.6. The summed E-state index contributed by atoms with van der Waals surface area (Å²) in [6, 6.07) is 23.0. The van der Waals surface area contributed by atoms with Crippen LogP contribution >= 0.6 is 15.9 Å². The molecule has 1 aliphatic carbocycles. The number of hydrogen-bond acceptors (Lipinski definition) is 4. The van der Waals surface area contributed by atoms with Crippen molar-refractivity contribution in [3.8, 4) is 11.1 Å². The quantitative estimate of drug-likeness (QED) is 0.501. The number of hydrogen-bond donors (Lipinski definition) is 1. The molecule has 5 nitrogen and oxygen atoms in total. The van der Waals surface area contributed by atoms with Crippen LogP contribution in [0.25, 0.3) is 11.1 Å². The van der Waals surface area contributed by atoms with E-state index < -0.39 is 18.1 Å². The molecular weight excluding hydrogens is 458 g/mol. The highest BCUT2D eigenvalue weighted by atomic mass is 79.9. The summed E-state index contributed by atoms with van der Waals surface area (Å²) in [6.45, 7) is 0.187. The number of benzene rings is 3. The molecule has 0 unspecified atom stereocenters. The van der Waals surface area contributed by atoms with E-state index in [1.807, 2.05) is 48.5 Å². The lowest BCUT2D eigenvalue weighted by atomic mass is 9.98. The Bertz CT molecular complexity index is 1050. The molecule has 0 spiro atoms. The second kappa shape index (κ2) is 9.35. The lowest BCUT2D eigenvalue weighted by Gasteiger charge is -2.18. The molecule has 1 amide bonds. The van der Waals surface area contributed by atoms with Gasteiger partial charge in [-0.15, -0.1) is 0 Å². The van der Waals surface area contributed by atoms with Gasteiger partial charge in [0.1, 0.15) is 12.6 Å². The van der Waals surface area contributed by atoms with Gasteiger partial charge in [-0.25, -0.2) is 9.59 Å². The predicted molar refractivity (Wildman–Crippen MR) is 122 cm³/mol. The molecule has 0 bridgehead atoms. The monoisotopic (exact) mass is 479 g/mol. The van der Waals surface area contributed by atoms with Crippen LogP contribution in [0.2, 0.25) is 0 Å². The highest BCUT2D eigenvalue weighted by Crippen LogP contribution is 2.44. The van der Waals surface area contributed by atoms with Gasteiger partial charge in [-0.2, -0.15) is 0 Å². The average Bonchev–Trinajstić information content (AvgIpc) is 3.12. The van der Waals surface area contributed by atoms with Gasteiger partial charge in [-0.3, -0.25) is 0 Å². The molecule has 0 aliphatic heterocycles. The van der Waals surface area contributed by atoms with Gasteiger partial charge in [0.15, 0.2) is 0 Å². The molecule has 4 rings (SSSR count). The van der Waals surface area contributed by atoms with Gasteiger partial charge in [0.25, 0.3) is 0 Å². The van der Waals surface area contributed by atoms with Crippen molar-refractivity contribution in [3.05, 3.63) is 94.0 Å². The third-order valence-electron chi connectivity index (χ3n) is 5.47. The third-order valence-corrected chi connectivity index (χ3v) is 6.00. The number of esters is 1. The molecule has 3 aromatic rings. The Morgan fingerprint density at radius 3 is 2.10 bits per heavy atom. The van der Waals surface area contributed by atoms with E-state index in [9.17, 15) is 9.59 Å². The molecule has 158 valence electrons. The molecule has 0 fully saturated rings. The first-order valence-corrected chi connectivity index (χ1v) is 10.8. The minimum Gasteiger partial charge on any atom is -0.467 e. The predicted octanol–water partition coefficient (Wildman–Crippen LogP) is 5.07. The minimum absolute atomic E-state index is 0.0406. The second-order valence-electron chi connectivity index (χ2n) is 7.38. The first-order chi connectivity index (χ1) is 15.1. The number of methoxy groups -OCH3 is 1. The Morgan fingerprint density at radius 2 is 1.52 bits per heavy atom. The van der Waals surface area contributed by atoms with Crippen molar-refractivity contribution >= 4 is 28.0 Å². The van der Waals surface area contributed by atoms with Crippen LogP contribution in [0, 0.1) is 0 Å². The topological polar surface area (TPSA) is 64.6 Å². The Hall–Kier alpha value is -3.12. The van der Waals surface area contributed by atoms with Crippen molar-refractivity contribution in [2.45, 2.75) is 18.4 Å². The van der Waals surface area contributed by atoms with E-state index in [0.29, 0.717) is 6.42 Å². The molecule has 0 radical (unpaired) electrons. The zero-order chi connectivity index (χ0) is 21.8. The first-order valence-electron chi connectivity index (χ1n) is 10.0. The first kappa shape index (κ1) is 21.1. The SMILES string of the molecule is COC(=O)[C@H](Cc1ccc(Br)cc1)NC(=O)OCC1c2ccccc2-c2ccccc21. The molecular formula is C25H22BrNO4. The molecule has 3 aromatic carbocycles. The largest absolute Gasteiger partial charge is 0.467 e. The van der Waals surface area contributed by atoms with Crippen molar-refractivity contribution in [1.82, 2.24) is 5.32 Å². The standard InChI is InChI=1S/C25H22BrNO4/c1-30-24(28)23(14-16-10-12-17(26)13-11-16)27-25(29)31-15-22-20-8-4-2-6-18(20)19-7-3-5-9-21(19)22/h2-13,22-23H,14-15H2,1H3,(H,27,29)/t23-/m0/s1. The highest BCUT2D eigenvalue weighted by molar-refractivity contribution is 9.10. The van der Waals surface area contributed by atoms with Crippen LogP contribution in [0.5, 0.6) is 0 Å². The van der Waals surface area contributed by atoms with Gasteiger partial charge in [0.2, 0.25) is 0 Å². The number of carbonyl (C=O) groups excluding carboxylic acids is 2. The fraction of sp³-hybridized carbons (Fsp3) is 0.200. The van der Waals surface area contributed by atoms with Crippen LogP contribution in [-0.4, -0.2) is 31.8 Å². The summed E-state index contributed by atoms with van der Waals surface area (Å²) in [6.07, 6.45) is -0.334. The summed E-state index contributed by atoms with van der Waals surface area (Å²) in [5, 5.41) is 2.66. The number of alkyl carbamates (subject to hydrolysis) is 1. The summed E-state index contributed by atoms with van der Waals surface area (Å²) < 4.78 is 11.4. The number of carbonyl (C=O) groups is 2. The summed E-state index contributed by atoms with van der Waals surface area (Å²) in [5.41, 5.74) is 5.49. The van der Waals surface area contributed by atoms with Gasteiger partial charge in [-0.1, -0.05) is 76.6 Å². The molecule has 1 N–H and O–H groups in total. The Morgan fingerprint density at radius 1 is 0.935 bits per heavy atom. The number of nitrogens with one attached hydrogen (secondary N) is 1. The molecule has 6 heteroatoms. The smallest absolute Gasteiger partial charge is 0.407 e. The number of amides is 1. The van der Waals surface area contributed by atoms with Crippen LogP contribution in [0.15, 0.2) is 77.3 Å². The normalized spacial score (nSPS) is 13.1. The van der Waals surface area contributed by atoms with E-state index in [2.05, 4.69) is 45.5 Å². The Balaban J connectivity index is 1.44. The molecule has 0 saturated carbocycles. The fourth-order valence-electron chi connectivity index (χ4n) is 3.97. The van der Waals surface area contributed by atoms with Crippen molar-refractivity contribution in [2.75, 3.05) is 13.7 Å². The van der Waals surface area contributed by atoms with E-state index in [1.165, 1.54) is 7.11 Å². The molecule has 1 atom stereocenters. The van der Waals surface area contributed by atoms with Crippen LogP contribution in [-0.2, 0) is 20.7 Å². The third kappa shape index (κ3) is 4.64. The number of ether oxygens (including phenoxy) is 2. The molecule has 0 heterocycles. The van der Waals surface area contributed by atoms with Gasteiger partial charge in [0.05, 0.1) is 7.11 Å². The van der Waals surface area contributed by atoms with Gasteiger partial charge < -0.3 is 14.8 Å². The number of rotatable bonds is 6. The Kier molecular flexibility index (Phi) is 6.37. The van der Waals surface area contributed by atoms with E-state index in [1.54, 1.807) is 0 Å². The van der Waals surface area contributed by atoms with E-state index >= 15 is 0 Å². The lowest BCUT2D eigenvalue weighted by molar-refractivity contribution is -0.143. The zero-order valence-electron chi connectivity index (χ0n) is 17.0. The number of fused-ring (bicyclic) bond motifs is 3. The van der Waals surface area contributed by atoms with Gasteiger partial charge in [0, 0.05) is 16.8 Å². The van der Waals surface area contributed by atoms with Crippen LogP contribution in [0.1, 0.15) is 22.6 Å². The van der Waals surface area contributed by atoms with Crippen LogP contribution in [0.4, 0.5) is 4.79 Å². The maximum absolute atomic E-state index is 12.6. The van der Waals surface area contributed by atoms with Crippen molar-refractivity contribution in [3.63, 3.8) is 0 Å². The summed E-state index contributed by atoms with van der Waals surface area (Å²) in [7, 11) is 1.30. The molecule has 0 aromatic heterocycles. The average molecular weight is 480 g/mol. The number of halogens is 1. The van der Waals surface area contributed by atoms with Gasteiger partial charge in [-0.05, 0) is 39.9 Å². The molecule has 1 aliphatic rings. The fourth-order valence-corrected chi connectivity index (χ4v) is 4.24. The van der Waals surface area contributed by atoms with Crippen molar-refractivity contribution in [2.24, 2.45) is 0 Å². The molecule has 31 heavy (non-hydrogen) atoms. The minimum atomic E-state index is -0.832. The highest BCUT2D eigenvalue weighted by Gasteiger charge is 2.30. The van der Waals surface area contributed by atoms with Crippen molar-refractivity contribution in [1.29, 1.82) is 0 Å². The van der Waals surface area contributed by atoms with Crippen LogP contribution in [0.3, 0.4) is 0 Å². The van der Waals surface area contributed by atoms with E-state index in [0.717, 1.165) is 32.3 Å². The maximum Gasteiger partial charge on any atom is 0.407 e. The summed E-state index contributed by atoms with van der Waals surface area (Å²) in [5.74, 6) is -0.558. The summed E-state index contributed by atoms with van der Waals surface area (Å²) >= 11 is 3.39. The van der Waals surface area contributed by atoms with E-state index in [4.69, 9.17) is 9.47 Å². The molecule has 0 saturated heterocycles. The van der Waals surface area contributed by atoms with Crippen molar-refractivity contribution < 1.29 is 19.1 Å². The van der Waals surface area contributed by atoms with Gasteiger partial charge >= 0.3 is 12.1 Å². The lowest BCUT2D eigenvalue weighted by Crippen LogP contribution is -2.43. The second-order valence-corrected chi connectivity index (χ2v) is 8.29. The zero-order valence-corrected chi connectivity index (χ0v) is 18.6.